The van der Waals surface area contributed by atoms with Gasteiger partial charge in [0.1, 0.15) is 11.6 Å². The molecule has 1 aliphatic rings. The van der Waals surface area contributed by atoms with Crippen molar-refractivity contribution in [1.82, 2.24) is 5.43 Å². The number of anilines is 1. The van der Waals surface area contributed by atoms with E-state index in [0.717, 1.165) is 17.3 Å². The van der Waals surface area contributed by atoms with E-state index in [-0.39, 0.29) is 5.91 Å². The molecule has 3 aromatic rings. The van der Waals surface area contributed by atoms with Crippen LogP contribution in [0.4, 0.5) is 14.5 Å². The first-order valence-electron chi connectivity index (χ1n) is 10.8. The van der Waals surface area contributed by atoms with Crippen molar-refractivity contribution < 1.29 is 13.6 Å². The van der Waals surface area contributed by atoms with Crippen molar-refractivity contribution in [2.45, 2.75) is 25.7 Å². The molecule has 4 rings (SSSR count). The summed E-state index contributed by atoms with van der Waals surface area (Å²) in [6, 6.07) is 20.9. The van der Waals surface area contributed by atoms with Gasteiger partial charge in [-0.3, -0.25) is 4.79 Å². The van der Waals surface area contributed by atoms with E-state index in [0.29, 0.717) is 29.8 Å². The number of allylic oxidation sites excluding steroid dienone is 2. The molecule has 0 saturated heterocycles. The Morgan fingerprint density at radius 2 is 1.73 bits per heavy atom. The fourth-order valence-electron chi connectivity index (χ4n) is 4.47. The number of hydrogen-bond acceptors (Lipinski definition) is 3. The average Bonchev–Trinajstić information content (AvgIpc) is 3.05. The van der Waals surface area contributed by atoms with Gasteiger partial charge in [0, 0.05) is 35.5 Å². The van der Waals surface area contributed by atoms with Crippen LogP contribution in [0.2, 0.25) is 0 Å². The maximum Gasteiger partial charge on any atom is 0.271 e. The predicted octanol–water partition coefficient (Wildman–Crippen LogP) is 5.60. The molecule has 0 radical (unpaired) electrons. The number of likely N-dealkylation sites (N-methyl/N-ethyl adjacent to an activating group) is 1. The van der Waals surface area contributed by atoms with Crippen LogP contribution in [0.5, 0.6) is 0 Å². The number of amides is 1. The van der Waals surface area contributed by atoms with E-state index in [4.69, 9.17) is 0 Å². The van der Waals surface area contributed by atoms with Gasteiger partial charge in [-0.1, -0.05) is 48.5 Å². The molecule has 1 N–H and O–H groups in total. The molecular formula is C27H25F2N3O. The molecule has 0 bridgehead atoms. The second-order valence-corrected chi connectivity index (χ2v) is 8.16. The largest absolute Gasteiger partial charge is 0.342 e. The van der Waals surface area contributed by atoms with Gasteiger partial charge in [-0.05, 0) is 55.7 Å². The minimum Gasteiger partial charge on any atom is -0.342 e. The summed E-state index contributed by atoms with van der Waals surface area (Å²) >= 11 is 0. The molecular weight excluding hydrogens is 420 g/mol. The van der Waals surface area contributed by atoms with Gasteiger partial charge in [0.15, 0.2) is 0 Å². The van der Waals surface area contributed by atoms with Gasteiger partial charge < -0.3 is 4.90 Å². The molecule has 1 aliphatic heterocycles. The zero-order valence-corrected chi connectivity index (χ0v) is 18.6. The molecule has 0 saturated carbocycles. The van der Waals surface area contributed by atoms with Crippen molar-refractivity contribution in [3.8, 4) is 0 Å². The lowest BCUT2D eigenvalue weighted by Crippen LogP contribution is -2.31. The van der Waals surface area contributed by atoms with E-state index in [1.54, 1.807) is 30.3 Å². The van der Waals surface area contributed by atoms with E-state index in [1.165, 1.54) is 12.3 Å². The summed E-state index contributed by atoms with van der Waals surface area (Å²) in [6.07, 6.45) is 3.80. The Balaban J connectivity index is 1.70. The standard InChI is InChI=1S/C27H25F2N3O/c1-3-32-24(14-15-30-31-26(33)20-12-8-5-9-13-20)27(2,18-19-10-6-4-7-11-19)22-16-21(28)17-23(29)25(22)32/h4-17H,3,18H2,1-2H3,(H,31,33)/b24-14-,30-15+. The van der Waals surface area contributed by atoms with Crippen molar-refractivity contribution in [2.75, 3.05) is 11.4 Å². The fraction of sp³-hybridized carbons (Fsp3) is 0.185. The lowest BCUT2D eigenvalue weighted by molar-refractivity contribution is 0.0955. The Bertz CT molecular complexity index is 1210. The number of rotatable bonds is 6. The van der Waals surface area contributed by atoms with E-state index in [1.807, 2.05) is 55.1 Å². The number of hydrazone groups is 1. The van der Waals surface area contributed by atoms with Crippen LogP contribution in [0.25, 0.3) is 0 Å². The van der Waals surface area contributed by atoms with Crippen LogP contribution in [0.1, 0.15) is 35.3 Å². The first-order chi connectivity index (χ1) is 15.9. The van der Waals surface area contributed by atoms with Gasteiger partial charge in [-0.15, -0.1) is 0 Å². The first kappa shape index (κ1) is 22.4. The Morgan fingerprint density at radius 3 is 2.39 bits per heavy atom. The van der Waals surface area contributed by atoms with Crippen molar-refractivity contribution in [1.29, 1.82) is 0 Å². The van der Waals surface area contributed by atoms with Crippen molar-refractivity contribution in [3.63, 3.8) is 0 Å². The van der Waals surface area contributed by atoms with E-state index >= 15 is 0 Å². The third-order valence-corrected chi connectivity index (χ3v) is 5.97. The van der Waals surface area contributed by atoms with Gasteiger partial charge in [0.25, 0.3) is 5.91 Å². The molecule has 0 aliphatic carbocycles. The predicted molar refractivity (Wildman–Crippen MR) is 127 cm³/mol. The normalized spacial score (nSPS) is 18.7. The summed E-state index contributed by atoms with van der Waals surface area (Å²) in [5.41, 5.74) is 5.12. The summed E-state index contributed by atoms with van der Waals surface area (Å²) in [5, 5.41) is 4.06. The minimum absolute atomic E-state index is 0.326. The lowest BCUT2D eigenvalue weighted by Gasteiger charge is -2.30. The van der Waals surface area contributed by atoms with Gasteiger partial charge in [-0.25, -0.2) is 14.2 Å². The van der Waals surface area contributed by atoms with E-state index in [2.05, 4.69) is 10.5 Å². The molecule has 4 nitrogen and oxygen atoms in total. The highest BCUT2D eigenvalue weighted by Crippen LogP contribution is 2.50. The number of halogens is 2. The number of benzene rings is 3. The molecule has 0 spiro atoms. The molecule has 0 fully saturated rings. The van der Waals surface area contributed by atoms with Crippen LogP contribution >= 0.6 is 0 Å². The average molecular weight is 446 g/mol. The maximum atomic E-state index is 14.9. The monoisotopic (exact) mass is 445 g/mol. The summed E-state index contributed by atoms with van der Waals surface area (Å²) in [5.74, 6) is -1.53. The molecule has 3 aromatic carbocycles. The summed E-state index contributed by atoms with van der Waals surface area (Å²) in [6.45, 7) is 4.40. The van der Waals surface area contributed by atoms with Crippen molar-refractivity contribution in [2.24, 2.45) is 5.10 Å². The van der Waals surface area contributed by atoms with Crippen LogP contribution in [0, 0.1) is 11.6 Å². The topological polar surface area (TPSA) is 44.7 Å². The van der Waals surface area contributed by atoms with Crippen LogP contribution in [-0.2, 0) is 11.8 Å². The zero-order chi connectivity index (χ0) is 23.4. The second kappa shape index (κ2) is 9.36. The van der Waals surface area contributed by atoms with E-state index < -0.39 is 17.0 Å². The fourth-order valence-corrected chi connectivity index (χ4v) is 4.47. The molecule has 6 heteroatoms. The molecule has 1 unspecified atom stereocenters. The zero-order valence-electron chi connectivity index (χ0n) is 18.6. The van der Waals surface area contributed by atoms with Gasteiger partial charge in [0.05, 0.1) is 5.69 Å². The third kappa shape index (κ3) is 4.42. The summed E-state index contributed by atoms with van der Waals surface area (Å²) in [7, 11) is 0. The van der Waals surface area contributed by atoms with Crippen molar-refractivity contribution >= 4 is 17.8 Å². The number of carbonyl (C=O) groups is 1. The second-order valence-electron chi connectivity index (χ2n) is 8.16. The summed E-state index contributed by atoms with van der Waals surface area (Å²) in [4.78, 5) is 14.1. The molecule has 33 heavy (non-hydrogen) atoms. The number of nitrogens with one attached hydrogen (secondary N) is 1. The van der Waals surface area contributed by atoms with Crippen LogP contribution in [0.15, 0.2) is 89.7 Å². The van der Waals surface area contributed by atoms with Gasteiger partial charge in [-0.2, -0.15) is 5.10 Å². The minimum atomic E-state index is -0.689. The number of nitrogens with zero attached hydrogens (tertiary/aromatic N) is 2. The number of hydrogen-bond donors (Lipinski definition) is 1. The van der Waals surface area contributed by atoms with Crippen molar-refractivity contribution in [3.05, 3.63) is 113 Å². The highest BCUT2D eigenvalue weighted by molar-refractivity contribution is 5.94. The number of carbonyl (C=O) groups excluding carboxylic acids is 1. The Labute approximate surface area is 192 Å². The lowest BCUT2D eigenvalue weighted by atomic mass is 9.76. The summed E-state index contributed by atoms with van der Waals surface area (Å²) < 4.78 is 29.2. The SMILES string of the molecule is CCN1/C(=C\C=N\NC(=O)c2ccccc2)C(C)(Cc2ccccc2)c2cc(F)cc(F)c21. The van der Waals surface area contributed by atoms with Crippen LogP contribution < -0.4 is 10.3 Å². The molecule has 0 aromatic heterocycles. The Kier molecular flexibility index (Phi) is 6.36. The smallest absolute Gasteiger partial charge is 0.271 e. The number of fused-ring (bicyclic) bond motifs is 1. The van der Waals surface area contributed by atoms with Gasteiger partial charge in [0.2, 0.25) is 0 Å². The molecule has 1 heterocycles. The Morgan fingerprint density at radius 1 is 1.06 bits per heavy atom. The molecule has 168 valence electrons. The third-order valence-electron chi connectivity index (χ3n) is 5.97. The van der Waals surface area contributed by atoms with Gasteiger partial charge >= 0.3 is 0 Å². The highest BCUT2D eigenvalue weighted by atomic mass is 19.1. The first-order valence-corrected chi connectivity index (χ1v) is 10.8. The Hall–Kier alpha value is -3.80. The van der Waals surface area contributed by atoms with Crippen LogP contribution in [0.3, 0.4) is 0 Å². The van der Waals surface area contributed by atoms with E-state index in [9.17, 15) is 13.6 Å². The molecule has 1 atom stereocenters. The highest BCUT2D eigenvalue weighted by Gasteiger charge is 2.45. The maximum absolute atomic E-state index is 14.9. The quantitative estimate of drug-likeness (QED) is 0.396. The van der Waals surface area contributed by atoms with Crippen LogP contribution in [-0.4, -0.2) is 18.7 Å². The molecule has 1 amide bonds.